The van der Waals surface area contributed by atoms with Gasteiger partial charge in [0.05, 0.1) is 11.6 Å². The summed E-state index contributed by atoms with van der Waals surface area (Å²) in [6, 6.07) is -1.10. The van der Waals surface area contributed by atoms with Gasteiger partial charge in [-0.2, -0.15) is 0 Å². The van der Waals surface area contributed by atoms with Gasteiger partial charge in [0.15, 0.2) is 0 Å². The summed E-state index contributed by atoms with van der Waals surface area (Å²) in [6.07, 6.45) is 6.16. The van der Waals surface area contributed by atoms with E-state index in [4.69, 9.17) is 4.74 Å². The Morgan fingerprint density at radius 2 is 2.12 bits per heavy atom. The van der Waals surface area contributed by atoms with Crippen molar-refractivity contribution in [2.24, 2.45) is 5.92 Å². The maximum Gasteiger partial charge on any atom is 0.320 e. The predicted molar refractivity (Wildman–Crippen MR) is 93.8 cm³/mol. The number of allylic oxidation sites excluding steroid dienone is 1. The molecule has 24 heavy (non-hydrogen) atoms. The van der Waals surface area contributed by atoms with E-state index in [0.717, 1.165) is 12.8 Å². The first-order valence-corrected chi connectivity index (χ1v) is 8.81. The van der Waals surface area contributed by atoms with Crippen molar-refractivity contribution in [2.45, 2.75) is 77.6 Å². The third kappa shape index (κ3) is 5.05. The number of carboxylic acid groups (broad SMARTS) is 1. The lowest BCUT2D eigenvalue weighted by Crippen LogP contribution is -2.62. The van der Waals surface area contributed by atoms with E-state index in [1.165, 1.54) is 6.92 Å². The minimum absolute atomic E-state index is 0.0320. The molecule has 1 fully saturated rings. The van der Waals surface area contributed by atoms with Crippen LogP contribution in [0.4, 0.5) is 0 Å². The number of rotatable bonds is 9. The Morgan fingerprint density at radius 1 is 1.46 bits per heavy atom. The van der Waals surface area contributed by atoms with Gasteiger partial charge >= 0.3 is 5.97 Å². The average Bonchev–Trinajstić information content (AvgIpc) is 2.89. The number of hydrogen-bond acceptors (Lipinski definition) is 4. The topological polar surface area (TPSA) is 87.7 Å². The van der Waals surface area contributed by atoms with E-state index in [9.17, 15) is 14.7 Å². The van der Waals surface area contributed by atoms with Crippen molar-refractivity contribution < 1.29 is 19.4 Å². The molecule has 3 N–H and O–H groups in total. The second-order valence-corrected chi connectivity index (χ2v) is 6.68. The molecule has 1 rings (SSSR count). The molecule has 1 heterocycles. The van der Waals surface area contributed by atoms with Crippen LogP contribution in [0.3, 0.4) is 0 Å². The van der Waals surface area contributed by atoms with E-state index >= 15 is 0 Å². The Morgan fingerprint density at radius 3 is 2.58 bits per heavy atom. The first-order valence-electron chi connectivity index (χ1n) is 8.81. The van der Waals surface area contributed by atoms with E-state index in [-0.39, 0.29) is 23.9 Å². The van der Waals surface area contributed by atoms with Gasteiger partial charge in [0.1, 0.15) is 6.04 Å². The summed E-state index contributed by atoms with van der Waals surface area (Å²) in [6.45, 7) is 9.96. The number of nitrogens with one attached hydrogen (secondary N) is 2. The molecule has 0 radical (unpaired) electrons. The van der Waals surface area contributed by atoms with Gasteiger partial charge in [-0.15, -0.1) is 0 Å². The molecule has 0 aromatic rings. The second-order valence-electron chi connectivity index (χ2n) is 6.68. The standard InChI is InChI=1S/C18H32N2O4/c1-6-9-13-11-14(17(22)23)20-15(13)16(19-12(4)21)18(5,10-7-2)24-8-3/h6,9,13-16,20H,7-8,10-11H2,1-5H3,(H,19,21)(H,22,23)/t13-,14-,15-,16-,18+/m1/s1. The van der Waals surface area contributed by atoms with Crippen LogP contribution in [0.1, 0.15) is 53.9 Å². The molecule has 138 valence electrons. The number of carbonyl (C=O) groups is 2. The van der Waals surface area contributed by atoms with Crippen molar-refractivity contribution in [2.75, 3.05) is 6.61 Å². The van der Waals surface area contributed by atoms with Gasteiger partial charge in [0.25, 0.3) is 0 Å². The Labute approximate surface area is 145 Å². The third-order valence-electron chi connectivity index (χ3n) is 4.70. The highest BCUT2D eigenvalue weighted by Gasteiger charge is 2.47. The first-order chi connectivity index (χ1) is 11.3. The predicted octanol–water partition coefficient (Wildman–Crippen LogP) is 2.09. The van der Waals surface area contributed by atoms with Gasteiger partial charge in [-0.05, 0) is 39.5 Å². The fraction of sp³-hybridized carbons (Fsp3) is 0.778. The zero-order valence-corrected chi connectivity index (χ0v) is 15.5. The summed E-state index contributed by atoms with van der Waals surface area (Å²) < 4.78 is 6.04. The van der Waals surface area contributed by atoms with Crippen LogP contribution in [-0.2, 0) is 14.3 Å². The van der Waals surface area contributed by atoms with Crippen molar-refractivity contribution in [3.05, 3.63) is 12.2 Å². The number of ether oxygens (including phenoxy) is 1. The summed E-state index contributed by atoms with van der Waals surface area (Å²) >= 11 is 0. The Kier molecular flexibility index (Phi) is 7.90. The SMILES string of the molecule is CC=C[C@@H]1C[C@H](C(=O)O)N[C@H]1[C@@H](NC(C)=O)[C@](C)(CCC)OCC. The number of hydrogen-bond donors (Lipinski definition) is 3. The first kappa shape index (κ1) is 20.6. The number of carbonyl (C=O) groups excluding carboxylic acids is 1. The molecule has 1 amide bonds. The molecule has 1 aliphatic rings. The van der Waals surface area contributed by atoms with Crippen molar-refractivity contribution in [1.82, 2.24) is 10.6 Å². The van der Waals surface area contributed by atoms with Gasteiger partial charge in [-0.25, -0.2) is 0 Å². The van der Waals surface area contributed by atoms with Gasteiger partial charge in [-0.1, -0.05) is 25.5 Å². The van der Waals surface area contributed by atoms with Gasteiger partial charge < -0.3 is 15.2 Å². The average molecular weight is 340 g/mol. The lowest BCUT2D eigenvalue weighted by Gasteiger charge is -2.42. The second kappa shape index (κ2) is 9.18. The minimum atomic E-state index is -0.859. The molecule has 0 aromatic heterocycles. The third-order valence-corrected chi connectivity index (χ3v) is 4.70. The molecule has 1 saturated heterocycles. The molecule has 0 aromatic carbocycles. The molecule has 0 unspecified atom stereocenters. The summed E-state index contributed by atoms with van der Waals surface area (Å²) in [5, 5.41) is 15.6. The summed E-state index contributed by atoms with van der Waals surface area (Å²) in [5.41, 5.74) is -0.555. The van der Waals surface area contributed by atoms with E-state index in [1.54, 1.807) is 0 Å². The van der Waals surface area contributed by atoms with Crippen molar-refractivity contribution in [3.63, 3.8) is 0 Å². The molecule has 0 aliphatic carbocycles. The molecule has 1 aliphatic heterocycles. The van der Waals surface area contributed by atoms with E-state index in [2.05, 4.69) is 17.6 Å². The van der Waals surface area contributed by atoms with Crippen LogP contribution < -0.4 is 10.6 Å². The highest BCUT2D eigenvalue weighted by molar-refractivity contribution is 5.75. The smallest absolute Gasteiger partial charge is 0.320 e. The Bertz CT molecular complexity index is 458. The molecule has 0 saturated carbocycles. The number of amides is 1. The lowest BCUT2D eigenvalue weighted by atomic mass is 9.81. The fourth-order valence-electron chi connectivity index (χ4n) is 3.79. The maximum absolute atomic E-state index is 11.8. The van der Waals surface area contributed by atoms with Crippen LogP contribution in [-0.4, -0.2) is 47.3 Å². The molecule has 5 atom stereocenters. The minimum Gasteiger partial charge on any atom is -0.480 e. The summed E-state index contributed by atoms with van der Waals surface area (Å²) in [7, 11) is 0. The maximum atomic E-state index is 11.8. The monoisotopic (exact) mass is 340 g/mol. The summed E-state index contributed by atoms with van der Waals surface area (Å²) in [4.78, 5) is 23.3. The zero-order chi connectivity index (χ0) is 18.3. The van der Waals surface area contributed by atoms with Crippen molar-refractivity contribution in [3.8, 4) is 0 Å². The molecular weight excluding hydrogens is 308 g/mol. The highest BCUT2D eigenvalue weighted by atomic mass is 16.5. The van der Waals surface area contributed by atoms with Gasteiger partial charge in [0.2, 0.25) is 5.91 Å². The Hall–Kier alpha value is -1.40. The Balaban J connectivity index is 3.20. The molecule has 6 heteroatoms. The fourth-order valence-corrected chi connectivity index (χ4v) is 3.79. The van der Waals surface area contributed by atoms with Crippen LogP contribution >= 0.6 is 0 Å². The molecule has 0 spiro atoms. The number of carboxylic acids is 1. The molecular formula is C18H32N2O4. The molecule has 0 bridgehead atoms. The zero-order valence-electron chi connectivity index (χ0n) is 15.5. The van der Waals surface area contributed by atoms with Crippen LogP contribution in [0.5, 0.6) is 0 Å². The quantitative estimate of drug-likeness (QED) is 0.560. The van der Waals surface area contributed by atoms with Crippen molar-refractivity contribution in [1.29, 1.82) is 0 Å². The lowest BCUT2D eigenvalue weighted by molar-refractivity contribution is -0.139. The highest BCUT2D eigenvalue weighted by Crippen LogP contribution is 2.33. The number of aliphatic carboxylic acids is 1. The van der Waals surface area contributed by atoms with Crippen LogP contribution in [0.2, 0.25) is 0 Å². The van der Waals surface area contributed by atoms with E-state index < -0.39 is 17.6 Å². The normalized spacial score (nSPS) is 27.8. The van der Waals surface area contributed by atoms with Crippen LogP contribution in [0.15, 0.2) is 12.2 Å². The van der Waals surface area contributed by atoms with Gasteiger partial charge in [0, 0.05) is 19.6 Å². The van der Waals surface area contributed by atoms with Crippen LogP contribution in [0.25, 0.3) is 0 Å². The van der Waals surface area contributed by atoms with Gasteiger partial charge in [-0.3, -0.25) is 14.9 Å². The van der Waals surface area contributed by atoms with Crippen LogP contribution in [0, 0.1) is 5.92 Å². The van der Waals surface area contributed by atoms with E-state index in [1.807, 2.05) is 32.9 Å². The van der Waals surface area contributed by atoms with E-state index in [0.29, 0.717) is 13.0 Å². The molecule has 6 nitrogen and oxygen atoms in total. The van der Waals surface area contributed by atoms with Crippen molar-refractivity contribution >= 4 is 11.9 Å². The summed E-state index contributed by atoms with van der Waals surface area (Å²) in [5.74, 6) is -0.964. The largest absolute Gasteiger partial charge is 0.480 e.